The summed E-state index contributed by atoms with van der Waals surface area (Å²) in [5.41, 5.74) is 1.50. The first-order valence-electron chi connectivity index (χ1n) is 17.2. The number of benzene rings is 1. The molecule has 5 atom stereocenters. The molecule has 1 fully saturated rings. The van der Waals surface area contributed by atoms with Gasteiger partial charge in [0, 0.05) is 45.4 Å². The molecule has 3 rings (SSSR count). The number of urea groups is 1. The normalized spacial score (nSPS) is 19.7. The Morgan fingerprint density at radius 2 is 1.52 bits per heavy atom. The molecule has 1 aromatic carbocycles. The number of esters is 4. The van der Waals surface area contributed by atoms with E-state index in [0.29, 0.717) is 17.7 Å². The van der Waals surface area contributed by atoms with Crippen molar-refractivity contribution in [2.45, 2.75) is 97.0 Å². The molecule has 2 amide bonds. The van der Waals surface area contributed by atoms with E-state index in [1.807, 2.05) is 26.8 Å². The van der Waals surface area contributed by atoms with Gasteiger partial charge in [0.25, 0.3) is 0 Å². The quantitative estimate of drug-likeness (QED) is 0.0676. The molecule has 19 nitrogen and oxygen atoms in total. The van der Waals surface area contributed by atoms with Crippen molar-refractivity contribution >= 4 is 29.9 Å². The van der Waals surface area contributed by atoms with Crippen LogP contribution in [-0.2, 0) is 49.3 Å². The van der Waals surface area contributed by atoms with E-state index < -0.39 is 92.6 Å². The van der Waals surface area contributed by atoms with Crippen LogP contribution in [0.2, 0.25) is 0 Å². The zero-order valence-corrected chi connectivity index (χ0v) is 31.3. The third-order valence-electron chi connectivity index (χ3n) is 8.24. The fraction of sp³-hybridized carbons (Fsp3) is 0.600. The molecule has 1 saturated heterocycles. The van der Waals surface area contributed by atoms with E-state index in [1.54, 1.807) is 12.1 Å². The second-order valence-electron chi connectivity index (χ2n) is 13.0. The number of amides is 2. The summed E-state index contributed by atoms with van der Waals surface area (Å²) in [5.74, 6) is -2.43. The van der Waals surface area contributed by atoms with Gasteiger partial charge in [-0.2, -0.15) is 0 Å². The fourth-order valence-electron chi connectivity index (χ4n) is 5.53. The highest BCUT2D eigenvalue weighted by Crippen LogP contribution is 2.34. The maximum Gasteiger partial charge on any atom is 0.315 e. The minimum Gasteiger partial charge on any atom is -0.492 e. The van der Waals surface area contributed by atoms with Crippen LogP contribution in [0.15, 0.2) is 18.2 Å². The number of hydrogen-bond donors (Lipinski definition) is 6. The standard InChI is InChI=1S/C35H50N4O15/c1-18(2)28-26(13-24-8-9-25(12-19(24)3)48-11-10-36-34(47)37-35(15-40,16-41)17-42)32(39-38-28)54-33-31(52-23(7)46)30(51-22(6)45)29(50-21(5)44)27(53-33)14-49-20(4)43/h8-9,12,18,27,29-31,33,40-42H,10-11,13-17H2,1-7H3,(H,38,39)(H2,36,37,47)/t27-,29-,30+,31-,33+/m1/s1. The predicted molar refractivity (Wildman–Crippen MR) is 185 cm³/mol. The van der Waals surface area contributed by atoms with Crippen LogP contribution < -0.4 is 20.1 Å². The molecular formula is C35H50N4O15. The third kappa shape index (κ3) is 12.0. The molecule has 0 radical (unpaired) electrons. The first-order chi connectivity index (χ1) is 25.5. The Morgan fingerprint density at radius 3 is 2.07 bits per heavy atom. The minimum absolute atomic E-state index is 0.0508. The van der Waals surface area contributed by atoms with Crippen molar-refractivity contribution in [3.63, 3.8) is 0 Å². The number of nitrogens with zero attached hydrogens (tertiary/aromatic N) is 1. The highest BCUT2D eigenvalue weighted by Gasteiger charge is 2.53. The maximum atomic E-state index is 12.3. The maximum absolute atomic E-state index is 12.3. The van der Waals surface area contributed by atoms with E-state index in [4.69, 9.17) is 33.2 Å². The molecule has 1 aliphatic rings. The zero-order chi connectivity index (χ0) is 40.2. The topological polar surface area (TPSA) is 263 Å². The number of aliphatic hydroxyl groups excluding tert-OH is 3. The molecular weight excluding hydrogens is 716 g/mol. The van der Waals surface area contributed by atoms with Crippen molar-refractivity contribution in [3.05, 3.63) is 40.6 Å². The number of hydrogen-bond acceptors (Lipinski definition) is 16. The summed E-state index contributed by atoms with van der Waals surface area (Å²) in [5, 5.41) is 40.4. The first-order valence-corrected chi connectivity index (χ1v) is 17.2. The number of ether oxygens (including phenoxy) is 7. The molecule has 1 aromatic heterocycles. The van der Waals surface area contributed by atoms with Gasteiger partial charge in [0.2, 0.25) is 18.3 Å². The molecule has 2 aromatic rings. The van der Waals surface area contributed by atoms with Crippen LogP contribution in [0.3, 0.4) is 0 Å². The van der Waals surface area contributed by atoms with Crippen molar-refractivity contribution in [3.8, 4) is 11.6 Å². The zero-order valence-electron chi connectivity index (χ0n) is 31.3. The van der Waals surface area contributed by atoms with Gasteiger partial charge in [-0.25, -0.2) is 4.79 Å². The second kappa shape index (κ2) is 19.9. The Morgan fingerprint density at radius 1 is 0.907 bits per heavy atom. The number of aromatic amines is 1. The van der Waals surface area contributed by atoms with E-state index >= 15 is 0 Å². The Hall–Kier alpha value is -4.98. The molecule has 2 heterocycles. The minimum atomic E-state index is -1.56. The predicted octanol–water partition coefficient (Wildman–Crippen LogP) is 0.288. The number of rotatable bonds is 18. The van der Waals surface area contributed by atoms with Crippen LogP contribution in [0.4, 0.5) is 4.79 Å². The highest BCUT2D eigenvalue weighted by molar-refractivity contribution is 5.75. The average Bonchev–Trinajstić information content (AvgIpc) is 3.49. The molecule has 0 spiro atoms. The summed E-state index contributed by atoms with van der Waals surface area (Å²) in [4.78, 5) is 60.5. The van der Waals surface area contributed by atoms with Gasteiger partial charge < -0.3 is 59.1 Å². The lowest BCUT2D eigenvalue weighted by molar-refractivity contribution is -0.289. The van der Waals surface area contributed by atoms with Gasteiger partial charge in [-0.3, -0.25) is 24.3 Å². The van der Waals surface area contributed by atoms with Crippen LogP contribution >= 0.6 is 0 Å². The van der Waals surface area contributed by atoms with E-state index in [9.17, 15) is 39.3 Å². The molecule has 19 heteroatoms. The lowest BCUT2D eigenvalue weighted by Gasteiger charge is -2.43. The summed E-state index contributed by atoms with van der Waals surface area (Å²) in [7, 11) is 0. The molecule has 0 bridgehead atoms. The Balaban J connectivity index is 1.85. The SMILES string of the molecule is CC(=O)OC[C@H]1O[C@@H](Oc2n[nH]c(C(C)C)c2Cc2ccc(OCCNC(=O)NC(CO)(CO)CO)cc2C)[C@H](OC(C)=O)[C@@H](OC(C)=O)[C@@H]1OC(C)=O. The Labute approximate surface area is 311 Å². The molecule has 1 aliphatic heterocycles. The van der Waals surface area contributed by atoms with Crippen LogP contribution in [0.5, 0.6) is 11.6 Å². The van der Waals surface area contributed by atoms with Gasteiger partial charge in [-0.15, -0.1) is 5.10 Å². The summed E-state index contributed by atoms with van der Waals surface area (Å²) < 4.78 is 39.8. The van der Waals surface area contributed by atoms with Crippen LogP contribution in [0, 0.1) is 6.92 Å². The van der Waals surface area contributed by atoms with Crippen molar-refractivity contribution in [2.75, 3.05) is 39.6 Å². The summed E-state index contributed by atoms with van der Waals surface area (Å²) in [6, 6.07) is 4.69. The van der Waals surface area contributed by atoms with Gasteiger partial charge in [0.1, 0.15) is 30.6 Å². The smallest absolute Gasteiger partial charge is 0.315 e. The van der Waals surface area contributed by atoms with Gasteiger partial charge in [0.05, 0.1) is 26.4 Å². The van der Waals surface area contributed by atoms with Crippen molar-refractivity contribution in [2.24, 2.45) is 0 Å². The number of nitrogens with one attached hydrogen (secondary N) is 3. The number of aromatic nitrogens is 2. The molecule has 0 saturated carbocycles. The lowest BCUT2D eigenvalue weighted by Crippen LogP contribution is -2.63. The largest absolute Gasteiger partial charge is 0.492 e. The lowest BCUT2D eigenvalue weighted by atomic mass is 9.96. The third-order valence-corrected chi connectivity index (χ3v) is 8.24. The number of aliphatic hydroxyl groups is 3. The molecule has 54 heavy (non-hydrogen) atoms. The number of carbonyl (C=O) groups excluding carboxylic acids is 5. The van der Waals surface area contributed by atoms with Crippen LogP contribution in [0.25, 0.3) is 0 Å². The van der Waals surface area contributed by atoms with Gasteiger partial charge in [-0.1, -0.05) is 19.9 Å². The fourth-order valence-corrected chi connectivity index (χ4v) is 5.53. The Bertz CT molecular complexity index is 1600. The van der Waals surface area contributed by atoms with Gasteiger partial charge in [-0.05, 0) is 36.1 Å². The van der Waals surface area contributed by atoms with Crippen LogP contribution in [-0.4, -0.2) is 131 Å². The van der Waals surface area contributed by atoms with Crippen molar-refractivity contribution < 1.29 is 72.5 Å². The average molecular weight is 767 g/mol. The summed E-state index contributed by atoms with van der Waals surface area (Å²) >= 11 is 0. The molecule has 6 N–H and O–H groups in total. The molecule has 0 aliphatic carbocycles. The van der Waals surface area contributed by atoms with E-state index in [2.05, 4.69) is 20.8 Å². The Kier molecular flexibility index (Phi) is 16.0. The van der Waals surface area contributed by atoms with Crippen molar-refractivity contribution in [1.82, 2.24) is 20.8 Å². The first kappa shape index (κ1) is 43.4. The number of H-pyrrole nitrogens is 1. The van der Waals surface area contributed by atoms with Crippen LogP contribution in [0.1, 0.15) is 69.8 Å². The van der Waals surface area contributed by atoms with E-state index in [-0.39, 0.29) is 24.9 Å². The van der Waals surface area contributed by atoms with E-state index in [0.717, 1.165) is 37.6 Å². The van der Waals surface area contributed by atoms with Crippen molar-refractivity contribution in [1.29, 1.82) is 0 Å². The van der Waals surface area contributed by atoms with E-state index in [1.165, 1.54) is 6.92 Å². The van der Waals surface area contributed by atoms with Gasteiger partial charge in [0.15, 0.2) is 12.2 Å². The monoisotopic (exact) mass is 766 g/mol. The molecule has 300 valence electrons. The summed E-state index contributed by atoms with van der Waals surface area (Å²) in [6.07, 6.45) is -6.60. The number of carbonyl (C=O) groups is 5. The van der Waals surface area contributed by atoms with Gasteiger partial charge >= 0.3 is 29.9 Å². The highest BCUT2D eigenvalue weighted by atomic mass is 16.7. The second-order valence-corrected chi connectivity index (χ2v) is 13.0. The number of aryl methyl sites for hydroxylation is 1. The molecule has 0 unspecified atom stereocenters. The summed E-state index contributed by atoms with van der Waals surface area (Å²) in [6.45, 7) is 8.11.